The Hall–Kier alpha value is -1.84. The third-order valence-electron chi connectivity index (χ3n) is 3.04. The van der Waals surface area contributed by atoms with E-state index in [1.165, 1.54) is 12.8 Å². The van der Waals surface area contributed by atoms with Gasteiger partial charge in [-0.1, -0.05) is 0 Å². The van der Waals surface area contributed by atoms with Crippen molar-refractivity contribution >= 4 is 17.9 Å². The molecule has 90 valence electrons. The van der Waals surface area contributed by atoms with Gasteiger partial charge in [-0.05, 0) is 43.5 Å². The second-order valence-corrected chi connectivity index (χ2v) is 4.31. The summed E-state index contributed by atoms with van der Waals surface area (Å²) in [5, 5.41) is 8.52. The highest BCUT2D eigenvalue weighted by Gasteiger charge is 2.20. The number of anilines is 1. The molecule has 1 aromatic heterocycles. The van der Waals surface area contributed by atoms with E-state index in [0.717, 1.165) is 24.0 Å². The Morgan fingerprint density at radius 2 is 2.41 bits per heavy atom. The maximum atomic E-state index is 10.4. The van der Waals surface area contributed by atoms with Gasteiger partial charge in [0, 0.05) is 24.9 Å². The Kier molecular flexibility index (Phi) is 3.42. The summed E-state index contributed by atoms with van der Waals surface area (Å²) in [6.45, 7) is 3.26. The Morgan fingerprint density at radius 3 is 2.94 bits per heavy atom. The molecule has 0 saturated carbocycles. The third-order valence-corrected chi connectivity index (χ3v) is 3.04. The molecule has 4 nitrogen and oxygen atoms in total. The summed E-state index contributed by atoms with van der Waals surface area (Å²) in [6.07, 6.45) is 6.80. The number of hydrogen-bond donors (Lipinski definition) is 1. The van der Waals surface area contributed by atoms with E-state index in [-0.39, 0.29) is 0 Å². The van der Waals surface area contributed by atoms with Crippen molar-refractivity contribution < 1.29 is 9.90 Å². The Balaban J connectivity index is 2.10. The molecule has 0 spiro atoms. The summed E-state index contributed by atoms with van der Waals surface area (Å²) in [6, 6.07) is 4.39. The van der Waals surface area contributed by atoms with Crippen LogP contribution in [0.15, 0.2) is 24.4 Å². The van der Waals surface area contributed by atoms with E-state index in [4.69, 9.17) is 5.11 Å². The standard InChI is InChI=1S/C13H16N2O2/c1-10-3-2-8-15(10)12-6-4-11(9-14-12)5-7-13(16)17/h4-7,9-10H,2-3,8H2,1H3,(H,16,17)/b7-5+. The van der Waals surface area contributed by atoms with Crippen molar-refractivity contribution in [1.82, 2.24) is 4.98 Å². The fraction of sp³-hybridized carbons (Fsp3) is 0.385. The Bertz CT molecular complexity index is 426. The van der Waals surface area contributed by atoms with E-state index in [1.807, 2.05) is 12.1 Å². The zero-order chi connectivity index (χ0) is 12.3. The maximum absolute atomic E-state index is 10.4. The van der Waals surface area contributed by atoms with Crippen molar-refractivity contribution in [1.29, 1.82) is 0 Å². The lowest BCUT2D eigenvalue weighted by atomic mass is 10.2. The normalized spacial score (nSPS) is 20.1. The molecule has 0 aromatic carbocycles. The average Bonchev–Trinajstić information content (AvgIpc) is 2.73. The summed E-state index contributed by atoms with van der Waals surface area (Å²) >= 11 is 0. The molecule has 1 unspecified atom stereocenters. The van der Waals surface area contributed by atoms with E-state index >= 15 is 0 Å². The summed E-state index contributed by atoms with van der Waals surface area (Å²) in [5.74, 6) is 0.0321. The lowest BCUT2D eigenvalue weighted by molar-refractivity contribution is -0.131. The first-order valence-electron chi connectivity index (χ1n) is 5.80. The van der Waals surface area contributed by atoms with Gasteiger partial charge < -0.3 is 10.0 Å². The van der Waals surface area contributed by atoms with E-state index in [2.05, 4.69) is 16.8 Å². The number of carboxylic acid groups (broad SMARTS) is 1. The van der Waals surface area contributed by atoms with Gasteiger partial charge in [0.15, 0.2) is 0 Å². The number of hydrogen-bond acceptors (Lipinski definition) is 3. The third kappa shape index (κ3) is 2.84. The van der Waals surface area contributed by atoms with Gasteiger partial charge in [0.2, 0.25) is 0 Å². The van der Waals surface area contributed by atoms with Crippen molar-refractivity contribution in [2.24, 2.45) is 0 Å². The minimum atomic E-state index is -0.942. The number of nitrogens with zero attached hydrogens (tertiary/aromatic N) is 2. The number of pyridine rings is 1. The fourth-order valence-electron chi connectivity index (χ4n) is 2.11. The van der Waals surface area contributed by atoms with Crippen LogP contribution in [-0.2, 0) is 4.79 Å². The number of carboxylic acids is 1. The van der Waals surface area contributed by atoms with E-state index in [9.17, 15) is 4.79 Å². The zero-order valence-electron chi connectivity index (χ0n) is 9.84. The molecule has 2 rings (SSSR count). The largest absolute Gasteiger partial charge is 0.478 e. The Labute approximate surface area is 101 Å². The molecule has 4 heteroatoms. The number of aromatic nitrogens is 1. The lowest BCUT2D eigenvalue weighted by Gasteiger charge is -2.22. The highest BCUT2D eigenvalue weighted by Crippen LogP contribution is 2.23. The molecule has 1 saturated heterocycles. The van der Waals surface area contributed by atoms with Crippen molar-refractivity contribution in [2.75, 3.05) is 11.4 Å². The second-order valence-electron chi connectivity index (χ2n) is 4.31. The maximum Gasteiger partial charge on any atom is 0.328 e. The Morgan fingerprint density at radius 1 is 1.59 bits per heavy atom. The van der Waals surface area contributed by atoms with Crippen LogP contribution in [0.4, 0.5) is 5.82 Å². The van der Waals surface area contributed by atoms with Crippen LogP contribution in [0.2, 0.25) is 0 Å². The molecular weight excluding hydrogens is 216 g/mol. The van der Waals surface area contributed by atoms with Crippen molar-refractivity contribution in [3.8, 4) is 0 Å². The first-order valence-corrected chi connectivity index (χ1v) is 5.80. The first kappa shape index (κ1) is 11.6. The molecule has 1 N–H and O–H groups in total. The molecule has 2 heterocycles. The second kappa shape index (κ2) is 4.99. The van der Waals surface area contributed by atoms with Gasteiger partial charge in [-0.15, -0.1) is 0 Å². The van der Waals surface area contributed by atoms with Gasteiger partial charge >= 0.3 is 5.97 Å². The number of aliphatic carboxylic acids is 1. The summed E-state index contributed by atoms with van der Waals surface area (Å²) < 4.78 is 0. The van der Waals surface area contributed by atoms with Crippen molar-refractivity contribution in [2.45, 2.75) is 25.8 Å². The van der Waals surface area contributed by atoms with Gasteiger partial charge in [-0.2, -0.15) is 0 Å². The average molecular weight is 232 g/mol. The van der Waals surface area contributed by atoms with Gasteiger partial charge in [0.25, 0.3) is 0 Å². The molecular formula is C13H16N2O2. The minimum absolute atomic E-state index is 0.544. The van der Waals surface area contributed by atoms with Crippen molar-refractivity contribution in [3.63, 3.8) is 0 Å². The predicted octanol–water partition coefficient (Wildman–Crippen LogP) is 2.17. The smallest absolute Gasteiger partial charge is 0.328 e. The molecule has 1 fully saturated rings. The van der Waals surface area contributed by atoms with Crippen LogP contribution in [-0.4, -0.2) is 28.6 Å². The molecule has 17 heavy (non-hydrogen) atoms. The summed E-state index contributed by atoms with van der Waals surface area (Å²) in [5.41, 5.74) is 0.808. The van der Waals surface area contributed by atoms with Gasteiger partial charge in [0.05, 0.1) is 0 Å². The van der Waals surface area contributed by atoms with E-state index in [1.54, 1.807) is 12.3 Å². The zero-order valence-corrected chi connectivity index (χ0v) is 9.84. The van der Waals surface area contributed by atoms with Crippen LogP contribution in [0.1, 0.15) is 25.3 Å². The molecule has 0 amide bonds. The van der Waals surface area contributed by atoms with Crippen LogP contribution < -0.4 is 4.90 Å². The van der Waals surface area contributed by atoms with E-state index in [0.29, 0.717) is 6.04 Å². The van der Waals surface area contributed by atoms with Crippen LogP contribution in [0.3, 0.4) is 0 Å². The predicted molar refractivity (Wildman–Crippen MR) is 66.9 cm³/mol. The SMILES string of the molecule is CC1CCCN1c1ccc(/C=C/C(=O)O)cn1. The van der Waals surface area contributed by atoms with Crippen LogP contribution in [0.25, 0.3) is 6.08 Å². The molecule has 1 aliphatic rings. The molecule has 1 aromatic rings. The van der Waals surface area contributed by atoms with Gasteiger partial charge in [-0.25, -0.2) is 9.78 Å². The highest BCUT2D eigenvalue weighted by atomic mass is 16.4. The number of rotatable bonds is 3. The van der Waals surface area contributed by atoms with Gasteiger partial charge in [-0.3, -0.25) is 0 Å². The van der Waals surface area contributed by atoms with Crippen LogP contribution in [0, 0.1) is 0 Å². The van der Waals surface area contributed by atoms with Crippen molar-refractivity contribution in [3.05, 3.63) is 30.0 Å². The molecule has 1 atom stereocenters. The molecule has 1 aliphatic heterocycles. The summed E-state index contributed by atoms with van der Waals surface area (Å²) in [7, 11) is 0. The monoisotopic (exact) mass is 232 g/mol. The van der Waals surface area contributed by atoms with Crippen LogP contribution in [0.5, 0.6) is 0 Å². The van der Waals surface area contributed by atoms with Crippen LogP contribution >= 0.6 is 0 Å². The number of carbonyl (C=O) groups is 1. The molecule has 0 bridgehead atoms. The minimum Gasteiger partial charge on any atom is -0.478 e. The molecule has 0 aliphatic carbocycles. The van der Waals surface area contributed by atoms with Gasteiger partial charge in [0.1, 0.15) is 5.82 Å². The quantitative estimate of drug-likeness (QED) is 0.811. The summed E-state index contributed by atoms with van der Waals surface area (Å²) in [4.78, 5) is 17.0. The van der Waals surface area contributed by atoms with E-state index < -0.39 is 5.97 Å². The fourth-order valence-corrected chi connectivity index (χ4v) is 2.11. The first-order chi connectivity index (χ1) is 8.16. The highest BCUT2D eigenvalue weighted by molar-refractivity contribution is 5.85. The molecule has 0 radical (unpaired) electrons. The topological polar surface area (TPSA) is 53.4 Å². The lowest BCUT2D eigenvalue weighted by Crippen LogP contribution is -2.26.